The van der Waals surface area contributed by atoms with Crippen LogP contribution in [0.1, 0.15) is 16.1 Å². The Morgan fingerprint density at radius 2 is 1.85 bits per heavy atom. The zero-order valence-corrected chi connectivity index (χ0v) is 14.1. The van der Waals surface area contributed by atoms with Crippen LogP contribution in [0, 0.1) is 0 Å². The maximum atomic E-state index is 12.3. The van der Waals surface area contributed by atoms with Gasteiger partial charge in [-0.1, -0.05) is 36.4 Å². The number of H-pyrrole nitrogens is 1. The minimum Gasteiger partial charge on any atom is -0.497 e. The van der Waals surface area contributed by atoms with Crippen LogP contribution < -0.4 is 21.3 Å². The Morgan fingerprint density at radius 3 is 2.54 bits per heavy atom. The van der Waals surface area contributed by atoms with Gasteiger partial charge in [0.15, 0.2) is 0 Å². The van der Waals surface area contributed by atoms with Crippen LogP contribution >= 0.6 is 0 Å². The molecule has 3 aromatic rings. The average molecular weight is 351 g/mol. The molecule has 26 heavy (non-hydrogen) atoms. The number of methoxy groups -OCH3 is 1. The third-order valence-electron chi connectivity index (χ3n) is 3.78. The van der Waals surface area contributed by atoms with Crippen LogP contribution in [0.4, 0.5) is 5.69 Å². The molecule has 0 spiro atoms. The lowest BCUT2D eigenvalue weighted by Gasteiger charge is -2.08. The molecule has 7 nitrogen and oxygen atoms in total. The van der Waals surface area contributed by atoms with Crippen LogP contribution in [0.5, 0.6) is 5.75 Å². The summed E-state index contributed by atoms with van der Waals surface area (Å²) in [5.74, 6) is -0.00566. The zero-order valence-electron chi connectivity index (χ0n) is 14.1. The Kier molecular flexibility index (Phi) is 4.98. The molecule has 0 aliphatic rings. The number of rotatable bonds is 5. The number of anilines is 1. The van der Waals surface area contributed by atoms with Crippen molar-refractivity contribution in [3.63, 3.8) is 0 Å². The number of ether oxygens (including phenoxy) is 1. The monoisotopic (exact) mass is 351 g/mol. The lowest BCUT2D eigenvalue weighted by atomic mass is 10.2. The molecule has 1 aromatic heterocycles. The van der Waals surface area contributed by atoms with Crippen molar-refractivity contribution in [2.24, 2.45) is 0 Å². The Hall–Kier alpha value is -3.61. The largest absolute Gasteiger partial charge is 0.497 e. The summed E-state index contributed by atoms with van der Waals surface area (Å²) in [6.45, 7) is 0.132. The number of carbonyl (C=O) groups excluding carboxylic acids is 1. The summed E-state index contributed by atoms with van der Waals surface area (Å²) in [4.78, 5) is 39.3. The van der Waals surface area contributed by atoms with Crippen molar-refractivity contribution in [2.45, 2.75) is 6.54 Å². The number of hydrogen-bond acceptors (Lipinski definition) is 4. The number of amides is 1. The van der Waals surface area contributed by atoms with Gasteiger partial charge in [-0.2, -0.15) is 0 Å². The molecular weight excluding hydrogens is 334 g/mol. The molecule has 0 atom stereocenters. The summed E-state index contributed by atoms with van der Waals surface area (Å²) < 4.78 is 6.13. The van der Waals surface area contributed by atoms with E-state index in [0.29, 0.717) is 11.4 Å². The van der Waals surface area contributed by atoms with E-state index in [2.05, 4.69) is 10.3 Å². The first-order valence-electron chi connectivity index (χ1n) is 7.90. The lowest BCUT2D eigenvalue weighted by molar-refractivity contribution is 0.102. The van der Waals surface area contributed by atoms with Gasteiger partial charge in [-0.05, 0) is 17.7 Å². The number of aromatic amines is 1. The number of hydrogen-bond donors (Lipinski definition) is 2. The highest BCUT2D eigenvalue weighted by atomic mass is 16.5. The molecule has 0 saturated carbocycles. The molecular formula is C19H17N3O4. The van der Waals surface area contributed by atoms with Gasteiger partial charge < -0.3 is 15.0 Å². The summed E-state index contributed by atoms with van der Waals surface area (Å²) >= 11 is 0. The first-order chi connectivity index (χ1) is 12.6. The summed E-state index contributed by atoms with van der Waals surface area (Å²) in [7, 11) is 1.52. The molecule has 132 valence electrons. The molecule has 0 aliphatic carbocycles. The van der Waals surface area contributed by atoms with Crippen LogP contribution in [0.3, 0.4) is 0 Å². The van der Waals surface area contributed by atoms with Crippen LogP contribution in [0.2, 0.25) is 0 Å². The first kappa shape index (κ1) is 17.2. The molecule has 0 fully saturated rings. The van der Waals surface area contributed by atoms with Gasteiger partial charge in [0, 0.05) is 17.8 Å². The third-order valence-corrected chi connectivity index (χ3v) is 3.78. The Bertz CT molecular complexity index is 1010. The molecule has 1 amide bonds. The fourth-order valence-corrected chi connectivity index (χ4v) is 2.46. The first-order valence-corrected chi connectivity index (χ1v) is 7.90. The maximum absolute atomic E-state index is 12.3. The molecule has 0 aliphatic heterocycles. The van der Waals surface area contributed by atoms with Gasteiger partial charge in [0.2, 0.25) is 0 Å². The van der Waals surface area contributed by atoms with Crippen molar-refractivity contribution >= 4 is 11.6 Å². The van der Waals surface area contributed by atoms with Crippen molar-refractivity contribution in [2.75, 3.05) is 12.4 Å². The Morgan fingerprint density at radius 1 is 1.08 bits per heavy atom. The van der Waals surface area contributed by atoms with Crippen molar-refractivity contribution < 1.29 is 9.53 Å². The van der Waals surface area contributed by atoms with Gasteiger partial charge in [-0.3, -0.25) is 14.2 Å². The van der Waals surface area contributed by atoms with E-state index in [1.165, 1.54) is 7.11 Å². The topological polar surface area (TPSA) is 93.2 Å². The maximum Gasteiger partial charge on any atom is 0.329 e. The summed E-state index contributed by atoms with van der Waals surface area (Å²) in [5.41, 5.74) is 0.00928. The summed E-state index contributed by atoms with van der Waals surface area (Å²) in [6, 6.07) is 17.0. The van der Waals surface area contributed by atoms with Crippen molar-refractivity contribution in [3.8, 4) is 5.75 Å². The van der Waals surface area contributed by atoms with Gasteiger partial charge in [0.05, 0.1) is 13.7 Å². The molecule has 3 rings (SSSR count). The molecule has 2 aromatic carbocycles. The van der Waals surface area contributed by atoms with Gasteiger partial charge in [0.25, 0.3) is 11.5 Å². The fraction of sp³-hybridized carbons (Fsp3) is 0.105. The Balaban J connectivity index is 1.84. The van der Waals surface area contributed by atoms with E-state index >= 15 is 0 Å². The normalized spacial score (nSPS) is 10.3. The van der Waals surface area contributed by atoms with E-state index in [0.717, 1.165) is 16.2 Å². The van der Waals surface area contributed by atoms with Gasteiger partial charge in [-0.15, -0.1) is 0 Å². The number of carbonyl (C=O) groups is 1. The molecule has 0 bridgehead atoms. The second kappa shape index (κ2) is 7.52. The van der Waals surface area contributed by atoms with E-state index < -0.39 is 17.2 Å². The highest BCUT2D eigenvalue weighted by molar-refractivity contribution is 6.02. The predicted octanol–water partition coefficient (Wildman–Crippen LogP) is 1.85. The summed E-state index contributed by atoms with van der Waals surface area (Å²) in [6.07, 6.45) is 0. The molecule has 0 unspecified atom stereocenters. The quantitative estimate of drug-likeness (QED) is 0.734. The van der Waals surface area contributed by atoms with E-state index in [1.807, 2.05) is 30.3 Å². The minimum absolute atomic E-state index is 0.105. The van der Waals surface area contributed by atoms with Gasteiger partial charge >= 0.3 is 5.69 Å². The van der Waals surface area contributed by atoms with Crippen LogP contribution in [0.15, 0.2) is 70.3 Å². The number of benzene rings is 2. The minimum atomic E-state index is -0.642. The van der Waals surface area contributed by atoms with Crippen molar-refractivity contribution in [3.05, 3.63) is 92.8 Å². The van der Waals surface area contributed by atoms with Crippen molar-refractivity contribution in [1.82, 2.24) is 9.55 Å². The van der Waals surface area contributed by atoms with Crippen LogP contribution in [-0.2, 0) is 6.54 Å². The Labute approximate surface area is 148 Å². The number of nitrogens with zero attached hydrogens (tertiary/aromatic N) is 1. The number of nitrogens with one attached hydrogen (secondary N) is 2. The lowest BCUT2D eigenvalue weighted by Crippen LogP contribution is -2.37. The fourth-order valence-electron chi connectivity index (χ4n) is 2.46. The van der Waals surface area contributed by atoms with Gasteiger partial charge in [-0.25, -0.2) is 4.79 Å². The smallest absolute Gasteiger partial charge is 0.329 e. The zero-order chi connectivity index (χ0) is 18.5. The predicted molar refractivity (Wildman–Crippen MR) is 97.8 cm³/mol. The standard InChI is InChI=1S/C19H17N3O4/c1-26-15-9-5-8-14(10-15)20-18(24)16-11-17(23)22(19(25)21-16)12-13-6-3-2-4-7-13/h2-11H,12H2,1H3,(H,20,24)(H,21,25). The molecule has 0 radical (unpaired) electrons. The average Bonchev–Trinajstić information content (AvgIpc) is 2.65. The molecule has 1 heterocycles. The van der Waals surface area contributed by atoms with E-state index in [9.17, 15) is 14.4 Å². The van der Waals surface area contributed by atoms with Gasteiger partial charge in [0.1, 0.15) is 11.4 Å². The van der Waals surface area contributed by atoms with E-state index in [1.54, 1.807) is 24.3 Å². The highest BCUT2D eigenvalue weighted by Gasteiger charge is 2.12. The van der Waals surface area contributed by atoms with Crippen LogP contribution in [-0.4, -0.2) is 22.6 Å². The third kappa shape index (κ3) is 3.89. The number of aromatic nitrogens is 2. The second-order valence-electron chi connectivity index (χ2n) is 5.58. The van der Waals surface area contributed by atoms with E-state index in [-0.39, 0.29) is 12.2 Å². The van der Waals surface area contributed by atoms with E-state index in [4.69, 9.17) is 4.74 Å². The highest BCUT2D eigenvalue weighted by Crippen LogP contribution is 2.17. The van der Waals surface area contributed by atoms with Crippen LogP contribution in [0.25, 0.3) is 0 Å². The molecule has 2 N–H and O–H groups in total. The second-order valence-corrected chi connectivity index (χ2v) is 5.58. The molecule has 0 saturated heterocycles. The van der Waals surface area contributed by atoms with Crippen molar-refractivity contribution in [1.29, 1.82) is 0 Å². The molecule has 7 heteroatoms. The summed E-state index contributed by atoms with van der Waals surface area (Å²) in [5, 5.41) is 2.62. The SMILES string of the molecule is COc1cccc(NC(=O)c2cc(=O)n(Cc3ccccc3)c(=O)[nH]2)c1.